The third-order valence-electron chi connectivity index (χ3n) is 5.04. The predicted molar refractivity (Wildman–Crippen MR) is 93.3 cm³/mol. The van der Waals surface area contributed by atoms with Crippen molar-refractivity contribution < 1.29 is 18.8 Å². The number of nitrogens with zero attached hydrogens (tertiary/aromatic N) is 1. The second-order valence-corrected chi connectivity index (χ2v) is 7.89. The number of methoxy groups -OCH3 is 1. The Morgan fingerprint density at radius 2 is 2.12 bits per heavy atom. The van der Waals surface area contributed by atoms with E-state index in [0.29, 0.717) is 22.2 Å². The molecule has 0 bridgehead atoms. The summed E-state index contributed by atoms with van der Waals surface area (Å²) in [5.74, 6) is 0.606. The molecule has 0 aliphatic heterocycles. The molecular formula is C18H20N2O4S. The summed E-state index contributed by atoms with van der Waals surface area (Å²) >= 11 is 1.46. The lowest BCUT2D eigenvalue weighted by atomic mass is 9.88. The number of aryl methyl sites for hydroxylation is 2. The Kier molecular flexibility index (Phi) is 4.11. The van der Waals surface area contributed by atoms with Gasteiger partial charge in [0.1, 0.15) is 10.8 Å². The van der Waals surface area contributed by atoms with Crippen LogP contribution in [0.5, 0.6) is 0 Å². The van der Waals surface area contributed by atoms with Gasteiger partial charge in [-0.2, -0.15) is 0 Å². The molecule has 1 atom stereocenters. The number of nitrogens with one attached hydrogen (secondary N) is 1. The monoisotopic (exact) mass is 360 g/mol. The van der Waals surface area contributed by atoms with Gasteiger partial charge in [-0.3, -0.25) is 4.79 Å². The van der Waals surface area contributed by atoms with Gasteiger partial charge in [0.2, 0.25) is 0 Å². The average Bonchev–Trinajstić information content (AvgIpc) is 3.27. The van der Waals surface area contributed by atoms with E-state index in [9.17, 15) is 9.59 Å². The summed E-state index contributed by atoms with van der Waals surface area (Å²) in [6.07, 6.45) is 5.49. The van der Waals surface area contributed by atoms with Crippen LogP contribution in [0.3, 0.4) is 0 Å². The molecule has 2 aliphatic rings. The molecular weight excluding hydrogens is 340 g/mol. The highest BCUT2D eigenvalue weighted by Crippen LogP contribution is 2.40. The lowest BCUT2D eigenvalue weighted by molar-refractivity contribution is 0.0601. The Morgan fingerprint density at radius 3 is 2.92 bits per heavy atom. The molecule has 7 heteroatoms. The van der Waals surface area contributed by atoms with E-state index in [1.807, 2.05) is 0 Å². The Morgan fingerprint density at radius 1 is 1.28 bits per heavy atom. The van der Waals surface area contributed by atoms with Gasteiger partial charge in [-0.1, -0.05) is 12.1 Å². The van der Waals surface area contributed by atoms with E-state index in [1.165, 1.54) is 18.4 Å². The summed E-state index contributed by atoms with van der Waals surface area (Å²) in [5.41, 5.74) is 2.76. The van der Waals surface area contributed by atoms with E-state index in [4.69, 9.17) is 9.26 Å². The minimum absolute atomic E-state index is 0.316. The number of amides is 1. The number of rotatable bonds is 3. The molecule has 0 saturated carbocycles. The molecule has 0 aromatic carbocycles. The molecule has 132 valence electrons. The van der Waals surface area contributed by atoms with Crippen molar-refractivity contribution in [2.24, 2.45) is 5.92 Å². The van der Waals surface area contributed by atoms with Gasteiger partial charge in [0.25, 0.3) is 5.91 Å². The Bertz CT molecular complexity index is 852. The SMILES string of the molecule is COC(=O)c1c(NC(=O)c2noc3c2C[C@@H](C)CC3)sc2c1CCC2. The van der Waals surface area contributed by atoms with Gasteiger partial charge in [0.15, 0.2) is 5.69 Å². The van der Waals surface area contributed by atoms with Crippen molar-refractivity contribution in [1.29, 1.82) is 0 Å². The molecule has 2 heterocycles. The summed E-state index contributed by atoms with van der Waals surface area (Å²) < 4.78 is 10.3. The fourth-order valence-corrected chi connectivity index (χ4v) is 5.00. The largest absolute Gasteiger partial charge is 0.465 e. The molecule has 0 radical (unpaired) electrons. The molecule has 6 nitrogen and oxygen atoms in total. The first-order valence-electron chi connectivity index (χ1n) is 8.60. The number of fused-ring (bicyclic) bond motifs is 2. The zero-order valence-electron chi connectivity index (χ0n) is 14.3. The Balaban J connectivity index is 1.64. The van der Waals surface area contributed by atoms with Gasteiger partial charge < -0.3 is 14.6 Å². The van der Waals surface area contributed by atoms with Gasteiger partial charge in [0, 0.05) is 16.9 Å². The van der Waals surface area contributed by atoms with E-state index in [0.717, 1.165) is 60.3 Å². The lowest BCUT2D eigenvalue weighted by Gasteiger charge is -2.16. The van der Waals surface area contributed by atoms with Crippen LogP contribution >= 0.6 is 11.3 Å². The number of hydrogen-bond acceptors (Lipinski definition) is 6. The van der Waals surface area contributed by atoms with Gasteiger partial charge >= 0.3 is 5.97 Å². The van der Waals surface area contributed by atoms with Crippen LogP contribution in [-0.2, 0) is 30.4 Å². The number of hydrogen-bond donors (Lipinski definition) is 1. The summed E-state index contributed by atoms with van der Waals surface area (Å²) in [6.45, 7) is 2.16. The average molecular weight is 360 g/mol. The topological polar surface area (TPSA) is 81.4 Å². The zero-order valence-corrected chi connectivity index (χ0v) is 15.1. The minimum atomic E-state index is -0.398. The molecule has 0 saturated heterocycles. The first-order valence-corrected chi connectivity index (χ1v) is 9.41. The second kappa shape index (κ2) is 6.29. The van der Waals surface area contributed by atoms with E-state index in [1.54, 1.807) is 0 Å². The molecule has 2 aromatic heterocycles. The number of carbonyl (C=O) groups excluding carboxylic acids is 2. The molecule has 2 aliphatic carbocycles. The zero-order chi connectivity index (χ0) is 17.6. The van der Waals surface area contributed by atoms with Crippen LogP contribution in [0.25, 0.3) is 0 Å². The molecule has 0 fully saturated rings. The fourth-order valence-electron chi connectivity index (χ4n) is 3.73. The predicted octanol–water partition coefficient (Wildman–Crippen LogP) is 3.39. The third-order valence-corrected chi connectivity index (χ3v) is 6.25. The number of thiophene rings is 1. The summed E-state index contributed by atoms with van der Waals surface area (Å²) in [5, 5.41) is 7.42. The van der Waals surface area contributed by atoms with Gasteiger partial charge in [0.05, 0.1) is 12.7 Å². The third kappa shape index (κ3) is 2.76. The van der Waals surface area contributed by atoms with E-state index in [-0.39, 0.29) is 5.91 Å². The number of aromatic nitrogens is 1. The first-order chi connectivity index (χ1) is 12.1. The Hall–Kier alpha value is -2.15. The van der Waals surface area contributed by atoms with E-state index < -0.39 is 5.97 Å². The molecule has 1 amide bonds. The summed E-state index contributed by atoms with van der Waals surface area (Å²) in [6, 6.07) is 0. The maximum absolute atomic E-state index is 12.8. The van der Waals surface area contributed by atoms with Crippen molar-refractivity contribution in [3.63, 3.8) is 0 Å². The molecule has 25 heavy (non-hydrogen) atoms. The van der Waals surface area contributed by atoms with Crippen LogP contribution < -0.4 is 5.32 Å². The van der Waals surface area contributed by atoms with Crippen LogP contribution in [0.1, 0.15) is 62.4 Å². The standard InChI is InChI=1S/C18H20N2O4S/c1-9-6-7-12-11(8-9)15(20-24-12)16(21)19-17-14(18(22)23-2)10-4-3-5-13(10)25-17/h9H,3-8H2,1-2H3,(H,19,21)/t9-/m0/s1. The van der Waals surface area contributed by atoms with Crippen molar-refractivity contribution >= 4 is 28.2 Å². The highest BCUT2D eigenvalue weighted by atomic mass is 32.1. The Labute approximate surface area is 149 Å². The number of ether oxygens (including phenoxy) is 1. The molecule has 1 N–H and O–H groups in total. The van der Waals surface area contributed by atoms with Crippen LogP contribution in [0.2, 0.25) is 0 Å². The molecule has 0 unspecified atom stereocenters. The van der Waals surface area contributed by atoms with Gasteiger partial charge in [-0.25, -0.2) is 4.79 Å². The maximum atomic E-state index is 12.8. The molecule has 0 spiro atoms. The summed E-state index contributed by atoms with van der Waals surface area (Å²) in [4.78, 5) is 26.1. The second-order valence-electron chi connectivity index (χ2n) is 6.79. The highest BCUT2D eigenvalue weighted by Gasteiger charge is 2.31. The quantitative estimate of drug-likeness (QED) is 0.849. The smallest absolute Gasteiger partial charge is 0.341 e. The first kappa shape index (κ1) is 16.3. The van der Waals surface area contributed by atoms with Crippen molar-refractivity contribution in [3.05, 3.63) is 33.0 Å². The number of carbonyl (C=O) groups is 2. The van der Waals surface area contributed by atoms with Crippen molar-refractivity contribution in [1.82, 2.24) is 5.16 Å². The van der Waals surface area contributed by atoms with Crippen molar-refractivity contribution in [2.45, 2.75) is 45.4 Å². The normalized spacial score (nSPS) is 18.6. The van der Waals surface area contributed by atoms with Crippen LogP contribution in [0, 0.1) is 5.92 Å². The van der Waals surface area contributed by atoms with E-state index in [2.05, 4.69) is 17.4 Å². The molecule has 4 rings (SSSR count). The fraction of sp³-hybridized carbons (Fsp3) is 0.500. The lowest BCUT2D eigenvalue weighted by Crippen LogP contribution is -2.19. The number of esters is 1. The van der Waals surface area contributed by atoms with Crippen LogP contribution in [-0.4, -0.2) is 24.1 Å². The van der Waals surface area contributed by atoms with Crippen molar-refractivity contribution in [2.75, 3.05) is 12.4 Å². The van der Waals surface area contributed by atoms with Crippen molar-refractivity contribution in [3.8, 4) is 0 Å². The van der Waals surface area contributed by atoms with E-state index >= 15 is 0 Å². The summed E-state index contributed by atoms with van der Waals surface area (Å²) in [7, 11) is 1.36. The van der Waals surface area contributed by atoms with Gasteiger partial charge in [-0.15, -0.1) is 11.3 Å². The highest BCUT2D eigenvalue weighted by molar-refractivity contribution is 7.17. The maximum Gasteiger partial charge on any atom is 0.341 e. The molecule has 2 aromatic rings. The van der Waals surface area contributed by atoms with Crippen LogP contribution in [0.4, 0.5) is 5.00 Å². The number of anilines is 1. The van der Waals surface area contributed by atoms with Crippen LogP contribution in [0.15, 0.2) is 4.52 Å². The van der Waals surface area contributed by atoms with Gasteiger partial charge in [-0.05, 0) is 43.6 Å². The minimum Gasteiger partial charge on any atom is -0.465 e.